The molecule has 0 spiro atoms. The Labute approximate surface area is 130 Å². The van der Waals surface area contributed by atoms with E-state index in [2.05, 4.69) is 10.0 Å². The quantitative estimate of drug-likeness (QED) is 0.889. The predicted octanol–water partition coefficient (Wildman–Crippen LogP) is 2.55. The Hall–Kier alpha value is -2.34. The molecule has 0 saturated heterocycles. The number of amides is 1. The molecule has 1 atom stereocenters. The van der Waals surface area contributed by atoms with Crippen LogP contribution in [0.25, 0.3) is 0 Å². The third kappa shape index (κ3) is 4.60. The Kier molecular flexibility index (Phi) is 4.82. The lowest BCUT2D eigenvalue weighted by atomic mass is 10.1. The Balaban J connectivity index is 2.11. The highest BCUT2D eigenvalue weighted by molar-refractivity contribution is 7.92. The highest BCUT2D eigenvalue weighted by Gasteiger charge is 2.12. The first-order valence-electron chi connectivity index (χ1n) is 6.79. The van der Waals surface area contributed by atoms with Crippen LogP contribution in [0.2, 0.25) is 0 Å². The molecular formula is C16H18N2O3S. The molecule has 5 nitrogen and oxygen atoms in total. The van der Waals surface area contributed by atoms with Crippen LogP contribution in [0.5, 0.6) is 0 Å². The second-order valence-electron chi connectivity index (χ2n) is 5.06. The SMILES string of the molecule is C[C@@H](NC(=O)c1cccc(NS(C)(=O)=O)c1)c1ccccc1. The zero-order chi connectivity index (χ0) is 16.2. The maximum atomic E-state index is 12.3. The van der Waals surface area contributed by atoms with Gasteiger partial charge in [0.1, 0.15) is 0 Å². The molecule has 2 rings (SSSR count). The first kappa shape index (κ1) is 16.0. The molecule has 6 heteroatoms. The molecule has 2 aromatic carbocycles. The van der Waals surface area contributed by atoms with E-state index in [1.165, 1.54) is 6.07 Å². The van der Waals surface area contributed by atoms with Gasteiger partial charge in [-0.1, -0.05) is 36.4 Å². The first-order chi connectivity index (χ1) is 10.3. The molecule has 0 aromatic heterocycles. The van der Waals surface area contributed by atoms with Crippen LogP contribution < -0.4 is 10.0 Å². The van der Waals surface area contributed by atoms with Gasteiger partial charge in [-0.3, -0.25) is 9.52 Å². The lowest BCUT2D eigenvalue weighted by Crippen LogP contribution is -2.26. The Morgan fingerprint density at radius 2 is 1.73 bits per heavy atom. The smallest absolute Gasteiger partial charge is 0.251 e. The minimum atomic E-state index is -3.37. The minimum Gasteiger partial charge on any atom is -0.346 e. The number of hydrogen-bond acceptors (Lipinski definition) is 3. The van der Waals surface area contributed by atoms with Crippen LogP contribution in [0.4, 0.5) is 5.69 Å². The average Bonchev–Trinajstić information content (AvgIpc) is 2.46. The maximum absolute atomic E-state index is 12.3. The normalized spacial score (nSPS) is 12.5. The highest BCUT2D eigenvalue weighted by atomic mass is 32.2. The van der Waals surface area contributed by atoms with Gasteiger partial charge in [-0.2, -0.15) is 0 Å². The second-order valence-corrected chi connectivity index (χ2v) is 6.81. The van der Waals surface area contributed by atoms with Gasteiger partial charge in [0.15, 0.2) is 0 Å². The molecule has 0 aliphatic heterocycles. The van der Waals surface area contributed by atoms with Crippen molar-refractivity contribution < 1.29 is 13.2 Å². The molecule has 22 heavy (non-hydrogen) atoms. The van der Waals surface area contributed by atoms with Gasteiger partial charge in [0.2, 0.25) is 10.0 Å². The molecule has 0 aliphatic carbocycles. The van der Waals surface area contributed by atoms with Gasteiger partial charge in [-0.05, 0) is 30.7 Å². The van der Waals surface area contributed by atoms with Crippen molar-refractivity contribution >= 4 is 21.6 Å². The molecule has 0 heterocycles. The second kappa shape index (κ2) is 6.62. The summed E-state index contributed by atoms with van der Waals surface area (Å²) in [7, 11) is -3.37. The zero-order valence-electron chi connectivity index (χ0n) is 12.4. The van der Waals surface area contributed by atoms with E-state index in [9.17, 15) is 13.2 Å². The van der Waals surface area contributed by atoms with Gasteiger partial charge < -0.3 is 5.32 Å². The molecular weight excluding hydrogens is 300 g/mol. The summed E-state index contributed by atoms with van der Waals surface area (Å²) in [6.07, 6.45) is 1.07. The maximum Gasteiger partial charge on any atom is 0.251 e. The molecule has 0 saturated carbocycles. The van der Waals surface area contributed by atoms with Gasteiger partial charge in [0.25, 0.3) is 5.91 Å². The van der Waals surface area contributed by atoms with Crippen LogP contribution in [0.1, 0.15) is 28.9 Å². The third-order valence-corrected chi connectivity index (χ3v) is 3.68. The van der Waals surface area contributed by atoms with Crippen molar-refractivity contribution in [2.45, 2.75) is 13.0 Å². The standard InChI is InChI=1S/C16H18N2O3S/c1-12(13-7-4-3-5-8-13)17-16(19)14-9-6-10-15(11-14)18-22(2,20)21/h3-12,18H,1-2H3,(H,17,19)/t12-/m1/s1. The topological polar surface area (TPSA) is 75.3 Å². The van der Waals surface area contributed by atoms with Crippen LogP contribution in [0, 0.1) is 0 Å². The van der Waals surface area contributed by atoms with Crippen molar-refractivity contribution in [1.29, 1.82) is 0 Å². The fourth-order valence-corrected chi connectivity index (χ4v) is 2.60. The van der Waals surface area contributed by atoms with Crippen molar-refractivity contribution in [3.05, 3.63) is 65.7 Å². The van der Waals surface area contributed by atoms with E-state index in [0.29, 0.717) is 11.3 Å². The molecule has 0 fully saturated rings. The molecule has 0 unspecified atom stereocenters. The molecule has 2 aromatic rings. The van der Waals surface area contributed by atoms with Crippen LogP contribution in [0.15, 0.2) is 54.6 Å². The highest BCUT2D eigenvalue weighted by Crippen LogP contribution is 2.15. The van der Waals surface area contributed by atoms with Gasteiger partial charge in [-0.25, -0.2) is 8.42 Å². The molecule has 0 aliphatic rings. The van der Waals surface area contributed by atoms with E-state index in [1.807, 2.05) is 37.3 Å². The number of carbonyl (C=O) groups excluding carboxylic acids is 1. The number of benzene rings is 2. The van der Waals surface area contributed by atoms with E-state index >= 15 is 0 Å². The Morgan fingerprint density at radius 3 is 2.36 bits per heavy atom. The van der Waals surface area contributed by atoms with Gasteiger partial charge in [0.05, 0.1) is 12.3 Å². The van der Waals surface area contributed by atoms with E-state index in [4.69, 9.17) is 0 Å². The Morgan fingerprint density at radius 1 is 1.05 bits per heavy atom. The largest absolute Gasteiger partial charge is 0.346 e. The van der Waals surface area contributed by atoms with E-state index in [1.54, 1.807) is 18.2 Å². The van der Waals surface area contributed by atoms with Crippen molar-refractivity contribution in [2.75, 3.05) is 11.0 Å². The Bertz CT molecular complexity index is 758. The first-order valence-corrected chi connectivity index (χ1v) is 8.68. The van der Waals surface area contributed by atoms with Crippen molar-refractivity contribution in [2.24, 2.45) is 0 Å². The fourth-order valence-electron chi connectivity index (χ4n) is 2.04. The number of hydrogen-bond donors (Lipinski definition) is 2. The summed E-state index contributed by atoms with van der Waals surface area (Å²) in [5.41, 5.74) is 1.76. The van der Waals surface area contributed by atoms with Crippen LogP contribution in [-0.2, 0) is 10.0 Å². The van der Waals surface area contributed by atoms with E-state index < -0.39 is 10.0 Å². The summed E-state index contributed by atoms with van der Waals surface area (Å²) in [6.45, 7) is 1.89. The summed E-state index contributed by atoms with van der Waals surface area (Å²) >= 11 is 0. The lowest BCUT2D eigenvalue weighted by molar-refractivity contribution is 0.0940. The lowest BCUT2D eigenvalue weighted by Gasteiger charge is -2.14. The number of sulfonamides is 1. The minimum absolute atomic E-state index is 0.139. The molecule has 0 radical (unpaired) electrons. The van der Waals surface area contributed by atoms with Gasteiger partial charge in [0, 0.05) is 11.3 Å². The summed E-state index contributed by atoms with van der Waals surface area (Å²) in [4.78, 5) is 12.3. The molecule has 1 amide bonds. The third-order valence-electron chi connectivity index (χ3n) is 3.08. The van der Waals surface area contributed by atoms with E-state index in [0.717, 1.165) is 11.8 Å². The fraction of sp³-hybridized carbons (Fsp3) is 0.188. The average molecular weight is 318 g/mol. The molecule has 0 bridgehead atoms. The van der Waals surface area contributed by atoms with Crippen molar-refractivity contribution in [1.82, 2.24) is 5.32 Å². The number of anilines is 1. The summed E-state index contributed by atoms with van der Waals surface area (Å²) in [5, 5.41) is 2.89. The zero-order valence-corrected chi connectivity index (χ0v) is 13.2. The predicted molar refractivity (Wildman–Crippen MR) is 87.2 cm³/mol. The monoisotopic (exact) mass is 318 g/mol. The summed E-state index contributed by atoms with van der Waals surface area (Å²) in [5.74, 6) is -0.256. The summed E-state index contributed by atoms with van der Waals surface area (Å²) in [6, 6.07) is 15.9. The number of rotatable bonds is 5. The van der Waals surface area contributed by atoms with Crippen molar-refractivity contribution in [3.8, 4) is 0 Å². The van der Waals surface area contributed by atoms with Crippen LogP contribution >= 0.6 is 0 Å². The van der Waals surface area contributed by atoms with Gasteiger partial charge >= 0.3 is 0 Å². The summed E-state index contributed by atoms with van der Waals surface area (Å²) < 4.78 is 24.8. The number of carbonyl (C=O) groups is 1. The molecule has 116 valence electrons. The van der Waals surface area contributed by atoms with Gasteiger partial charge in [-0.15, -0.1) is 0 Å². The van der Waals surface area contributed by atoms with E-state index in [-0.39, 0.29) is 11.9 Å². The number of nitrogens with one attached hydrogen (secondary N) is 2. The molecule has 2 N–H and O–H groups in total. The van der Waals surface area contributed by atoms with Crippen LogP contribution in [-0.4, -0.2) is 20.6 Å². The van der Waals surface area contributed by atoms with Crippen LogP contribution in [0.3, 0.4) is 0 Å². The van der Waals surface area contributed by atoms with Crippen molar-refractivity contribution in [3.63, 3.8) is 0 Å².